The molecule has 90 valence electrons. The van der Waals surface area contributed by atoms with Gasteiger partial charge in [-0.3, -0.25) is 0 Å². The fraction of sp³-hybridized carbons (Fsp3) is 0.833. The van der Waals surface area contributed by atoms with Crippen LogP contribution < -0.4 is 5.32 Å². The molecule has 1 heterocycles. The number of hydrogen-bond acceptors (Lipinski definition) is 4. The topological polar surface area (TPSA) is 51.0 Å². The van der Waals surface area contributed by atoms with Gasteiger partial charge in [0.1, 0.15) is 0 Å². The zero-order valence-electron chi connectivity index (χ0n) is 10.8. The molecule has 1 aromatic rings. The lowest BCUT2D eigenvalue weighted by molar-refractivity contribution is 0.429. The van der Waals surface area contributed by atoms with Crippen LogP contribution in [0.3, 0.4) is 0 Å². The summed E-state index contributed by atoms with van der Waals surface area (Å²) in [4.78, 5) is 0. The molecule has 1 aliphatic carbocycles. The van der Waals surface area contributed by atoms with E-state index in [-0.39, 0.29) is 10.8 Å². The highest BCUT2D eigenvalue weighted by Gasteiger charge is 2.67. The molecule has 0 bridgehead atoms. The first kappa shape index (κ1) is 11.6. The Morgan fingerprint density at radius 3 is 2.31 bits per heavy atom. The van der Waals surface area contributed by atoms with E-state index in [0.717, 1.165) is 24.7 Å². The summed E-state index contributed by atoms with van der Waals surface area (Å²) in [6.07, 6.45) is 0.803. The molecular formula is C12H21N3O. The monoisotopic (exact) mass is 223 g/mol. The van der Waals surface area contributed by atoms with Crippen molar-refractivity contribution in [2.24, 2.45) is 10.8 Å². The minimum absolute atomic E-state index is 0.264. The molecule has 0 aliphatic heterocycles. The first-order chi connectivity index (χ1) is 7.41. The summed E-state index contributed by atoms with van der Waals surface area (Å²) in [5.41, 5.74) is 0.527. The lowest BCUT2D eigenvalue weighted by Gasteiger charge is -2.03. The molecule has 4 nitrogen and oxygen atoms in total. The highest BCUT2D eigenvalue weighted by atomic mass is 16.4. The Balaban J connectivity index is 2.10. The van der Waals surface area contributed by atoms with E-state index in [1.54, 1.807) is 0 Å². The largest absolute Gasteiger partial charge is 0.425 e. The summed E-state index contributed by atoms with van der Waals surface area (Å²) < 4.78 is 5.72. The molecule has 16 heavy (non-hydrogen) atoms. The number of rotatable bonds is 4. The zero-order chi connectivity index (χ0) is 12.0. The van der Waals surface area contributed by atoms with E-state index in [1.807, 2.05) is 7.05 Å². The molecule has 1 aromatic heterocycles. The molecule has 2 rings (SSSR count). The van der Waals surface area contributed by atoms with Gasteiger partial charge in [0.05, 0.1) is 0 Å². The van der Waals surface area contributed by atoms with Crippen LogP contribution in [0.1, 0.15) is 45.4 Å². The number of nitrogens with one attached hydrogen (secondary N) is 1. The van der Waals surface area contributed by atoms with Crippen LogP contribution in [0.5, 0.6) is 0 Å². The van der Waals surface area contributed by atoms with Gasteiger partial charge in [0, 0.05) is 18.9 Å². The van der Waals surface area contributed by atoms with Gasteiger partial charge in [0.2, 0.25) is 11.8 Å². The smallest absolute Gasteiger partial charge is 0.220 e. The molecule has 0 spiro atoms. The Bertz CT molecular complexity index is 367. The van der Waals surface area contributed by atoms with Gasteiger partial charge < -0.3 is 9.73 Å². The van der Waals surface area contributed by atoms with Crippen LogP contribution in [-0.2, 0) is 6.42 Å². The Kier molecular flexibility index (Phi) is 2.57. The number of likely N-dealkylation sites (N-methyl/N-ethyl adjacent to an activating group) is 1. The third-order valence-corrected chi connectivity index (χ3v) is 4.34. The molecule has 0 radical (unpaired) electrons. The molecule has 0 aromatic carbocycles. The normalized spacial score (nSPS) is 22.3. The predicted molar refractivity (Wildman–Crippen MR) is 62.2 cm³/mol. The van der Waals surface area contributed by atoms with E-state index in [9.17, 15) is 0 Å². The van der Waals surface area contributed by atoms with Crippen LogP contribution in [0.4, 0.5) is 0 Å². The Morgan fingerprint density at radius 2 is 1.81 bits per heavy atom. The van der Waals surface area contributed by atoms with Crippen LogP contribution >= 0.6 is 0 Å². The number of hydrogen-bond donors (Lipinski definition) is 1. The van der Waals surface area contributed by atoms with E-state index in [0.29, 0.717) is 5.92 Å². The Morgan fingerprint density at radius 1 is 1.19 bits per heavy atom. The zero-order valence-corrected chi connectivity index (χ0v) is 10.8. The van der Waals surface area contributed by atoms with Crippen LogP contribution in [0.2, 0.25) is 0 Å². The van der Waals surface area contributed by atoms with E-state index >= 15 is 0 Å². The highest BCUT2D eigenvalue weighted by Crippen LogP contribution is 2.73. The third-order valence-electron chi connectivity index (χ3n) is 4.34. The maximum atomic E-state index is 5.72. The lowest BCUT2D eigenvalue weighted by Crippen LogP contribution is -2.10. The van der Waals surface area contributed by atoms with Crippen molar-refractivity contribution < 1.29 is 4.42 Å². The van der Waals surface area contributed by atoms with Gasteiger partial charge in [0.25, 0.3) is 0 Å². The van der Waals surface area contributed by atoms with Crippen molar-refractivity contribution in [3.63, 3.8) is 0 Å². The molecule has 0 atom stereocenters. The molecule has 1 fully saturated rings. The molecule has 1 saturated carbocycles. The first-order valence-electron chi connectivity index (χ1n) is 5.88. The molecule has 1 aliphatic rings. The number of nitrogens with zero attached hydrogens (tertiary/aromatic N) is 2. The van der Waals surface area contributed by atoms with Crippen molar-refractivity contribution in [3.8, 4) is 0 Å². The van der Waals surface area contributed by atoms with E-state index in [2.05, 4.69) is 43.2 Å². The van der Waals surface area contributed by atoms with Gasteiger partial charge in [-0.25, -0.2) is 0 Å². The van der Waals surface area contributed by atoms with E-state index < -0.39 is 0 Å². The molecule has 0 saturated heterocycles. The Labute approximate surface area is 96.8 Å². The minimum Gasteiger partial charge on any atom is -0.425 e. The summed E-state index contributed by atoms with van der Waals surface area (Å²) in [5.74, 6) is 1.94. The third kappa shape index (κ3) is 1.56. The van der Waals surface area contributed by atoms with Crippen molar-refractivity contribution in [2.45, 2.75) is 40.0 Å². The first-order valence-corrected chi connectivity index (χ1v) is 5.88. The maximum absolute atomic E-state index is 5.72. The van der Waals surface area contributed by atoms with E-state index in [1.165, 1.54) is 0 Å². The fourth-order valence-electron chi connectivity index (χ4n) is 2.53. The average molecular weight is 223 g/mol. The van der Waals surface area contributed by atoms with Crippen LogP contribution in [0, 0.1) is 10.8 Å². The summed E-state index contributed by atoms with van der Waals surface area (Å²) >= 11 is 0. The summed E-state index contributed by atoms with van der Waals surface area (Å²) in [6.45, 7) is 9.91. The molecule has 1 N–H and O–H groups in total. The van der Waals surface area contributed by atoms with Crippen LogP contribution in [0.15, 0.2) is 4.42 Å². The minimum atomic E-state index is 0.264. The quantitative estimate of drug-likeness (QED) is 0.848. The molecule has 0 amide bonds. The van der Waals surface area contributed by atoms with Gasteiger partial charge in [-0.05, 0) is 17.9 Å². The second kappa shape index (κ2) is 3.55. The van der Waals surface area contributed by atoms with Gasteiger partial charge >= 0.3 is 0 Å². The van der Waals surface area contributed by atoms with Gasteiger partial charge in [0.15, 0.2) is 0 Å². The number of aromatic nitrogens is 2. The van der Waals surface area contributed by atoms with Gasteiger partial charge in [-0.1, -0.05) is 27.7 Å². The van der Waals surface area contributed by atoms with Crippen LogP contribution in [-0.4, -0.2) is 23.8 Å². The van der Waals surface area contributed by atoms with Crippen molar-refractivity contribution in [3.05, 3.63) is 11.8 Å². The fourth-order valence-corrected chi connectivity index (χ4v) is 2.53. The summed E-state index contributed by atoms with van der Waals surface area (Å²) in [7, 11) is 1.92. The second-order valence-electron chi connectivity index (χ2n) is 5.76. The molecule has 4 heteroatoms. The Hall–Kier alpha value is -0.900. The van der Waals surface area contributed by atoms with Gasteiger partial charge in [-0.2, -0.15) is 0 Å². The van der Waals surface area contributed by atoms with E-state index in [4.69, 9.17) is 4.42 Å². The van der Waals surface area contributed by atoms with Crippen molar-refractivity contribution in [2.75, 3.05) is 13.6 Å². The van der Waals surface area contributed by atoms with Gasteiger partial charge in [-0.15, -0.1) is 10.2 Å². The second-order valence-corrected chi connectivity index (χ2v) is 5.76. The molecular weight excluding hydrogens is 202 g/mol. The highest BCUT2D eigenvalue weighted by molar-refractivity contribution is 5.24. The van der Waals surface area contributed by atoms with Crippen molar-refractivity contribution in [1.29, 1.82) is 0 Å². The standard InChI is InChI=1S/C12H21N3O/c1-11(2)9(12(11,3)4)10-15-14-8(16-10)6-7-13-5/h9,13H,6-7H2,1-5H3. The summed E-state index contributed by atoms with van der Waals surface area (Å²) in [6, 6.07) is 0. The molecule has 0 unspecified atom stereocenters. The average Bonchev–Trinajstić information content (AvgIpc) is 2.56. The van der Waals surface area contributed by atoms with Crippen molar-refractivity contribution >= 4 is 0 Å². The lowest BCUT2D eigenvalue weighted by atomic mass is 10.0. The summed E-state index contributed by atoms with van der Waals surface area (Å²) in [5, 5.41) is 11.3. The maximum Gasteiger partial charge on any atom is 0.220 e. The SMILES string of the molecule is CNCCc1nnc(C2C(C)(C)C2(C)C)o1. The van der Waals surface area contributed by atoms with Crippen LogP contribution in [0.25, 0.3) is 0 Å². The van der Waals surface area contributed by atoms with Crippen molar-refractivity contribution in [1.82, 2.24) is 15.5 Å². The predicted octanol–water partition coefficient (Wildman–Crippen LogP) is 1.98.